The highest BCUT2D eigenvalue weighted by Gasteiger charge is 2.32. The summed E-state index contributed by atoms with van der Waals surface area (Å²) in [7, 11) is 0. The van der Waals surface area contributed by atoms with Crippen molar-refractivity contribution in [2.75, 3.05) is 26.2 Å². The molecule has 1 saturated heterocycles. The zero-order valence-electron chi connectivity index (χ0n) is 14.6. The number of nitrogens with one attached hydrogen (secondary N) is 1. The summed E-state index contributed by atoms with van der Waals surface area (Å²) in [4.78, 5) is 2.77. The third kappa shape index (κ3) is 3.38. The minimum atomic E-state index is 0.642. The molecule has 2 fully saturated rings. The van der Waals surface area contributed by atoms with Gasteiger partial charge in [0.25, 0.3) is 0 Å². The first-order valence-corrected chi connectivity index (χ1v) is 9.19. The quantitative estimate of drug-likeness (QED) is 0.902. The van der Waals surface area contributed by atoms with E-state index < -0.39 is 0 Å². The maximum absolute atomic E-state index is 3.52. The van der Waals surface area contributed by atoms with Crippen molar-refractivity contribution in [3.63, 3.8) is 0 Å². The molecule has 0 unspecified atom stereocenters. The van der Waals surface area contributed by atoms with Crippen LogP contribution in [0.3, 0.4) is 0 Å². The van der Waals surface area contributed by atoms with E-state index in [1.807, 2.05) is 0 Å². The van der Waals surface area contributed by atoms with Crippen LogP contribution in [0.15, 0.2) is 12.1 Å². The van der Waals surface area contributed by atoms with E-state index in [1.54, 1.807) is 5.56 Å². The second kappa shape index (κ2) is 7.14. The lowest BCUT2D eigenvalue weighted by atomic mass is 9.77. The number of aryl methyl sites for hydroxylation is 3. The molecule has 0 bridgehead atoms. The van der Waals surface area contributed by atoms with Gasteiger partial charge in [0.15, 0.2) is 0 Å². The Bertz CT molecular complexity index is 455. The standard InChI is InChI=1S/C20H32N2/c1-15-13-16(2)19(17(3)14-15)20(18-7-5-4-6-8-18)22-11-9-21-10-12-22/h13-14,18,20-21H,4-12H2,1-3H3/t20-/m0/s1. The van der Waals surface area contributed by atoms with Crippen LogP contribution in [0.5, 0.6) is 0 Å². The smallest absolute Gasteiger partial charge is 0.0382 e. The summed E-state index contributed by atoms with van der Waals surface area (Å²) >= 11 is 0. The number of benzene rings is 1. The Morgan fingerprint density at radius 3 is 2.14 bits per heavy atom. The van der Waals surface area contributed by atoms with Crippen LogP contribution in [0.1, 0.15) is 60.4 Å². The first-order valence-electron chi connectivity index (χ1n) is 9.19. The van der Waals surface area contributed by atoms with E-state index in [1.165, 1.54) is 61.9 Å². The van der Waals surface area contributed by atoms with Crippen molar-refractivity contribution in [3.8, 4) is 0 Å². The third-order valence-electron chi connectivity index (χ3n) is 5.68. The molecule has 0 radical (unpaired) electrons. The van der Waals surface area contributed by atoms with E-state index in [9.17, 15) is 0 Å². The largest absolute Gasteiger partial charge is 0.314 e. The highest BCUT2D eigenvalue weighted by atomic mass is 15.2. The van der Waals surface area contributed by atoms with Gasteiger partial charge in [0.2, 0.25) is 0 Å². The number of rotatable bonds is 3. The Labute approximate surface area is 136 Å². The predicted molar refractivity (Wildman–Crippen MR) is 94.4 cm³/mol. The zero-order chi connectivity index (χ0) is 15.5. The van der Waals surface area contributed by atoms with Crippen LogP contribution in [0.4, 0.5) is 0 Å². The van der Waals surface area contributed by atoms with Crippen LogP contribution in [0.2, 0.25) is 0 Å². The molecule has 1 N–H and O–H groups in total. The van der Waals surface area contributed by atoms with Gasteiger partial charge in [-0.05, 0) is 56.2 Å². The van der Waals surface area contributed by atoms with Crippen molar-refractivity contribution >= 4 is 0 Å². The van der Waals surface area contributed by atoms with Crippen LogP contribution in [0.25, 0.3) is 0 Å². The fraction of sp³-hybridized carbons (Fsp3) is 0.700. The van der Waals surface area contributed by atoms with Gasteiger partial charge in [-0.25, -0.2) is 0 Å². The average Bonchev–Trinajstić information content (AvgIpc) is 2.52. The van der Waals surface area contributed by atoms with Crippen molar-refractivity contribution in [1.29, 1.82) is 0 Å². The van der Waals surface area contributed by atoms with Crippen molar-refractivity contribution in [2.45, 2.75) is 58.9 Å². The summed E-state index contributed by atoms with van der Waals surface area (Å²) < 4.78 is 0. The van der Waals surface area contributed by atoms with Gasteiger partial charge in [-0.3, -0.25) is 4.90 Å². The molecule has 122 valence electrons. The summed E-state index contributed by atoms with van der Waals surface area (Å²) in [5.74, 6) is 0.854. The fourth-order valence-corrected chi connectivity index (χ4v) is 4.78. The van der Waals surface area contributed by atoms with Crippen LogP contribution in [-0.2, 0) is 0 Å². The van der Waals surface area contributed by atoms with Gasteiger partial charge in [-0.1, -0.05) is 37.0 Å². The Kier molecular flexibility index (Phi) is 5.20. The molecule has 0 amide bonds. The molecule has 0 spiro atoms. The van der Waals surface area contributed by atoms with Crippen molar-refractivity contribution < 1.29 is 0 Å². The van der Waals surface area contributed by atoms with E-state index in [4.69, 9.17) is 0 Å². The molecule has 0 aromatic heterocycles. The van der Waals surface area contributed by atoms with E-state index in [0.29, 0.717) is 6.04 Å². The second-order valence-electron chi connectivity index (χ2n) is 7.44. The molecule has 1 heterocycles. The summed E-state index contributed by atoms with van der Waals surface area (Å²) in [5, 5.41) is 3.52. The first-order chi connectivity index (χ1) is 10.7. The average molecular weight is 300 g/mol. The molecule has 22 heavy (non-hydrogen) atoms. The predicted octanol–water partition coefficient (Wildman–Crippen LogP) is 4.14. The minimum Gasteiger partial charge on any atom is -0.314 e. The maximum atomic E-state index is 3.52. The zero-order valence-corrected chi connectivity index (χ0v) is 14.6. The van der Waals surface area contributed by atoms with Gasteiger partial charge in [-0.2, -0.15) is 0 Å². The molecule has 1 atom stereocenters. The third-order valence-corrected chi connectivity index (χ3v) is 5.68. The Balaban J connectivity index is 1.96. The van der Waals surface area contributed by atoms with Crippen LogP contribution >= 0.6 is 0 Å². The number of hydrogen-bond donors (Lipinski definition) is 1. The monoisotopic (exact) mass is 300 g/mol. The summed E-state index contributed by atoms with van der Waals surface area (Å²) in [6.07, 6.45) is 7.13. The molecule has 2 aliphatic rings. The summed E-state index contributed by atoms with van der Waals surface area (Å²) in [5.41, 5.74) is 6.05. The van der Waals surface area contributed by atoms with E-state index in [0.717, 1.165) is 19.0 Å². The van der Waals surface area contributed by atoms with Gasteiger partial charge in [-0.15, -0.1) is 0 Å². The fourth-order valence-electron chi connectivity index (χ4n) is 4.78. The molecule has 1 saturated carbocycles. The van der Waals surface area contributed by atoms with E-state index >= 15 is 0 Å². The number of nitrogens with zero attached hydrogens (tertiary/aromatic N) is 1. The van der Waals surface area contributed by atoms with Gasteiger partial charge < -0.3 is 5.32 Å². The number of hydrogen-bond acceptors (Lipinski definition) is 2. The van der Waals surface area contributed by atoms with E-state index in [2.05, 4.69) is 43.1 Å². The molecule has 1 aliphatic carbocycles. The maximum Gasteiger partial charge on any atom is 0.0382 e. The highest BCUT2D eigenvalue weighted by molar-refractivity contribution is 5.40. The topological polar surface area (TPSA) is 15.3 Å². The lowest BCUT2D eigenvalue weighted by Gasteiger charge is -2.42. The molecular formula is C20H32N2. The highest BCUT2D eigenvalue weighted by Crippen LogP contribution is 2.41. The Morgan fingerprint density at radius 1 is 0.955 bits per heavy atom. The van der Waals surface area contributed by atoms with E-state index in [-0.39, 0.29) is 0 Å². The van der Waals surface area contributed by atoms with Crippen molar-refractivity contribution in [1.82, 2.24) is 10.2 Å². The van der Waals surface area contributed by atoms with Crippen molar-refractivity contribution in [2.24, 2.45) is 5.92 Å². The number of piperazine rings is 1. The second-order valence-corrected chi connectivity index (χ2v) is 7.44. The first kappa shape index (κ1) is 16.0. The molecule has 3 rings (SSSR count). The van der Waals surface area contributed by atoms with Gasteiger partial charge in [0.05, 0.1) is 0 Å². The van der Waals surface area contributed by atoms with Crippen LogP contribution < -0.4 is 5.32 Å². The van der Waals surface area contributed by atoms with Gasteiger partial charge in [0, 0.05) is 32.2 Å². The summed E-state index contributed by atoms with van der Waals surface area (Å²) in [6, 6.07) is 5.42. The Hall–Kier alpha value is -0.860. The summed E-state index contributed by atoms with van der Waals surface area (Å²) in [6.45, 7) is 11.6. The van der Waals surface area contributed by atoms with Gasteiger partial charge in [0.1, 0.15) is 0 Å². The molecule has 1 aromatic carbocycles. The van der Waals surface area contributed by atoms with Crippen LogP contribution in [-0.4, -0.2) is 31.1 Å². The lowest BCUT2D eigenvalue weighted by molar-refractivity contribution is 0.102. The Morgan fingerprint density at radius 2 is 1.55 bits per heavy atom. The van der Waals surface area contributed by atoms with Gasteiger partial charge >= 0.3 is 0 Å². The molecule has 2 nitrogen and oxygen atoms in total. The molecule has 1 aromatic rings. The molecule has 2 heteroatoms. The minimum absolute atomic E-state index is 0.642. The normalized spacial score (nSPS) is 22.7. The van der Waals surface area contributed by atoms with Crippen molar-refractivity contribution in [3.05, 3.63) is 34.4 Å². The molecular weight excluding hydrogens is 268 g/mol. The lowest BCUT2D eigenvalue weighted by Crippen LogP contribution is -2.47. The molecule has 1 aliphatic heterocycles. The van der Waals surface area contributed by atoms with Crippen LogP contribution in [0, 0.1) is 26.7 Å². The SMILES string of the molecule is Cc1cc(C)c([C@H](C2CCCCC2)N2CCNCC2)c(C)c1.